The Labute approximate surface area is 139 Å². The zero-order chi connectivity index (χ0) is 16.1. The maximum atomic E-state index is 12.1. The third-order valence-electron chi connectivity index (χ3n) is 3.70. The molecule has 124 valence electrons. The molecule has 2 aromatic heterocycles. The fourth-order valence-corrected chi connectivity index (χ4v) is 3.43. The van der Waals surface area contributed by atoms with Crippen molar-refractivity contribution in [3.05, 3.63) is 34.5 Å². The molecular weight excluding hydrogens is 314 g/mol. The summed E-state index contributed by atoms with van der Waals surface area (Å²) in [5.41, 5.74) is 0. The van der Waals surface area contributed by atoms with Gasteiger partial charge < -0.3 is 10.1 Å². The number of aryl methyl sites for hydroxylation is 1. The molecule has 0 radical (unpaired) electrons. The summed E-state index contributed by atoms with van der Waals surface area (Å²) < 4.78 is 7.49. The quantitative estimate of drug-likeness (QED) is 0.840. The van der Waals surface area contributed by atoms with Crippen LogP contribution in [0.3, 0.4) is 0 Å². The molecule has 3 rings (SSSR count). The Morgan fingerprint density at radius 1 is 1.52 bits per heavy atom. The van der Waals surface area contributed by atoms with E-state index in [4.69, 9.17) is 4.74 Å². The van der Waals surface area contributed by atoms with Crippen molar-refractivity contribution in [3.63, 3.8) is 0 Å². The number of carbonyl (C=O) groups excluding carboxylic acids is 1. The third kappa shape index (κ3) is 4.85. The molecule has 1 N–H and O–H groups in total. The van der Waals surface area contributed by atoms with Gasteiger partial charge in [0.05, 0.1) is 32.3 Å². The Hall–Kier alpha value is -1.77. The average Bonchev–Trinajstić information content (AvgIpc) is 3.17. The van der Waals surface area contributed by atoms with Gasteiger partial charge in [0.15, 0.2) is 0 Å². The fraction of sp³-hybridized carbons (Fsp3) is 0.533. The van der Waals surface area contributed by atoms with Crippen molar-refractivity contribution in [2.75, 3.05) is 26.2 Å². The van der Waals surface area contributed by atoms with E-state index in [0.29, 0.717) is 26.2 Å². The smallest absolute Gasteiger partial charge is 0.234 e. The lowest BCUT2D eigenvalue weighted by Gasteiger charge is -2.32. The Morgan fingerprint density at radius 3 is 3.17 bits per heavy atom. The molecule has 1 amide bonds. The van der Waals surface area contributed by atoms with E-state index in [-0.39, 0.29) is 12.0 Å². The number of hydrogen-bond acceptors (Lipinski definition) is 6. The molecule has 3 heterocycles. The molecule has 0 spiro atoms. The molecule has 0 aliphatic carbocycles. The molecule has 1 fully saturated rings. The van der Waals surface area contributed by atoms with Crippen LogP contribution in [0.15, 0.2) is 24.8 Å². The van der Waals surface area contributed by atoms with Crippen molar-refractivity contribution >= 4 is 17.2 Å². The number of aromatic nitrogens is 3. The van der Waals surface area contributed by atoms with Gasteiger partial charge in [-0.1, -0.05) is 0 Å². The van der Waals surface area contributed by atoms with Crippen LogP contribution >= 0.6 is 11.3 Å². The first-order chi connectivity index (χ1) is 11.2. The Bertz CT molecular complexity index is 628. The van der Waals surface area contributed by atoms with Crippen molar-refractivity contribution in [1.29, 1.82) is 0 Å². The number of hydrogen-bond donors (Lipinski definition) is 1. The van der Waals surface area contributed by atoms with Crippen LogP contribution in [0, 0.1) is 6.92 Å². The van der Waals surface area contributed by atoms with Crippen LogP contribution in [0.2, 0.25) is 0 Å². The molecule has 2 aromatic rings. The molecule has 7 nitrogen and oxygen atoms in total. The Kier molecular flexibility index (Phi) is 5.37. The molecular formula is C15H21N5O2S. The summed E-state index contributed by atoms with van der Waals surface area (Å²) in [5, 5.41) is 7.07. The number of nitrogens with one attached hydrogen (secondary N) is 1. The monoisotopic (exact) mass is 335 g/mol. The standard InChI is InChI=1S/C15H21N5O2S/c1-12-2-3-14(23-12)6-17-15(21)9-19-4-5-22-13(7-19)8-20-11-16-10-18-20/h2-3,10-11,13H,4-9H2,1H3,(H,17,21). The minimum atomic E-state index is 0.0400. The number of rotatable bonds is 6. The van der Waals surface area contributed by atoms with E-state index in [0.717, 1.165) is 13.1 Å². The van der Waals surface area contributed by atoms with Crippen LogP contribution in [-0.2, 0) is 22.6 Å². The van der Waals surface area contributed by atoms with Crippen molar-refractivity contribution < 1.29 is 9.53 Å². The molecule has 0 bridgehead atoms. The largest absolute Gasteiger partial charge is 0.374 e. The lowest BCUT2D eigenvalue weighted by atomic mass is 10.2. The summed E-state index contributed by atoms with van der Waals surface area (Å²) in [6.07, 6.45) is 3.23. The van der Waals surface area contributed by atoms with Gasteiger partial charge in [-0.2, -0.15) is 5.10 Å². The molecule has 8 heteroatoms. The number of carbonyl (C=O) groups is 1. The summed E-state index contributed by atoms with van der Waals surface area (Å²) >= 11 is 1.71. The number of morpholine rings is 1. The number of thiophene rings is 1. The van der Waals surface area contributed by atoms with E-state index in [1.807, 2.05) is 0 Å². The Balaban J connectivity index is 1.42. The van der Waals surface area contributed by atoms with Crippen LogP contribution in [-0.4, -0.2) is 57.9 Å². The van der Waals surface area contributed by atoms with Crippen LogP contribution in [0.5, 0.6) is 0 Å². The minimum absolute atomic E-state index is 0.0400. The molecule has 0 saturated carbocycles. The summed E-state index contributed by atoms with van der Waals surface area (Å²) in [4.78, 5) is 20.6. The maximum absolute atomic E-state index is 12.1. The number of amides is 1. The highest BCUT2D eigenvalue weighted by Crippen LogP contribution is 2.14. The van der Waals surface area contributed by atoms with E-state index in [1.165, 1.54) is 16.1 Å². The molecule has 0 aromatic carbocycles. The lowest BCUT2D eigenvalue weighted by molar-refractivity contribution is -0.124. The predicted octanol–water partition coefficient (Wildman–Crippen LogP) is 0.665. The molecule has 1 aliphatic rings. The number of nitrogens with zero attached hydrogens (tertiary/aromatic N) is 4. The highest BCUT2D eigenvalue weighted by Gasteiger charge is 2.22. The maximum Gasteiger partial charge on any atom is 0.234 e. The highest BCUT2D eigenvalue weighted by atomic mass is 32.1. The van der Waals surface area contributed by atoms with Gasteiger partial charge in [-0.05, 0) is 19.1 Å². The summed E-state index contributed by atoms with van der Waals surface area (Å²) in [7, 11) is 0. The molecule has 1 unspecified atom stereocenters. The van der Waals surface area contributed by atoms with E-state index < -0.39 is 0 Å². The fourth-order valence-electron chi connectivity index (χ4n) is 2.59. The van der Waals surface area contributed by atoms with E-state index >= 15 is 0 Å². The second-order valence-electron chi connectivity index (χ2n) is 5.63. The molecule has 23 heavy (non-hydrogen) atoms. The minimum Gasteiger partial charge on any atom is -0.374 e. The van der Waals surface area contributed by atoms with Gasteiger partial charge in [0.2, 0.25) is 5.91 Å². The zero-order valence-corrected chi connectivity index (χ0v) is 14.0. The van der Waals surface area contributed by atoms with Gasteiger partial charge in [0, 0.05) is 22.8 Å². The first-order valence-electron chi connectivity index (χ1n) is 7.67. The summed E-state index contributed by atoms with van der Waals surface area (Å²) in [6.45, 7) is 5.87. The highest BCUT2D eigenvalue weighted by molar-refractivity contribution is 7.11. The molecule has 1 saturated heterocycles. The SMILES string of the molecule is Cc1ccc(CNC(=O)CN2CCOC(Cn3cncn3)C2)s1. The first-order valence-corrected chi connectivity index (χ1v) is 8.49. The molecule has 1 aliphatic heterocycles. The zero-order valence-electron chi connectivity index (χ0n) is 13.1. The van der Waals surface area contributed by atoms with Crippen LogP contribution in [0.4, 0.5) is 0 Å². The van der Waals surface area contributed by atoms with Crippen molar-refractivity contribution in [2.24, 2.45) is 0 Å². The van der Waals surface area contributed by atoms with Gasteiger partial charge in [0.1, 0.15) is 12.7 Å². The predicted molar refractivity (Wildman–Crippen MR) is 87.1 cm³/mol. The van der Waals surface area contributed by atoms with Crippen molar-refractivity contribution in [1.82, 2.24) is 25.0 Å². The van der Waals surface area contributed by atoms with Gasteiger partial charge in [-0.3, -0.25) is 14.4 Å². The van der Waals surface area contributed by atoms with Crippen molar-refractivity contribution in [2.45, 2.75) is 26.1 Å². The summed E-state index contributed by atoms with van der Waals surface area (Å²) in [5.74, 6) is 0.0532. The third-order valence-corrected chi connectivity index (χ3v) is 4.70. The van der Waals surface area contributed by atoms with Gasteiger partial charge in [-0.25, -0.2) is 4.98 Å². The Morgan fingerprint density at radius 2 is 2.43 bits per heavy atom. The summed E-state index contributed by atoms with van der Waals surface area (Å²) in [6, 6.07) is 4.13. The van der Waals surface area contributed by atoms with Crippen LogP contribution in [0.25, 0.3) is 0 Å². The van der Waals surface area contributed by atoms with E-state index in [1.54, 1.807) is 22.3 Å². The number of ether oxygens (including phenoxy) is 1. The first kappa shape index (κ1) is 16.1. The van der Waals surface area contributed by atoms with Crippen LogP contribution in [0.1, 0.15) is 9.75 Å². The normalized spacial score (nSPS) is 18.9. The average molecular weight is 335 g/mol. The van der Waals surface area contributed by atoms with Gasteiger partial charge in [0.25, 0.3) is 0 Å². The second-order valence-corrected chi connectivity index (χ2v) is 7.01. The van der Waals surface area contributed by atoms with E-state index in [9.17, 15) is 4.79 Å². The molecule has 1 atom stereocenters. The van der Waals surface area contributed by atoms with Crippen LogP contribution < -0.4 is 5.32 Å². The van der Waals surface area contributed by atoms with Crippen molar-refractivity contribution in [3.8, 4) is 0 Å². The topological polar surface area (TPSA) is 72.3 Å². The van der Waals surface area contributed by atoms with E-state index in [2.05, 4.69) is 39.4 Å². The van der Waals surface area contributed by atoms with Gasteiger partial charge >= 0.3 is 0 Å². The van der Waals surface area contributed by atoms with Gasteiger partial charge in [-0.15, -0.1) is 11.3 Å². The lowest BCUT2D eigenvalue weighted by Crippen LogP contribution is -2.48. The second kappa shape index (κ2) is 7.67.